The topological polar surface area (TPSA) is 44.8 Å². The molecule has 146 valence electrons. The van der Waals surface area contributed by atoms with Crippen molar-refractivity contribution < 1.29 is 18.1 Å². The first kappa shape index (κ1) is 20.5. The van der Waals surface area contributed by atoms with Crippen LogP contribution >= 0.6 is 7.82 Å². The van der Waals surface area contributed by atoms with Crippen LogP contribution in [0.2, 0.25) is 0 Å². The first-order chi connectivity index (χ1) is 13.7. The molecule has 3 aromatic rings. The largest absolute Gasteiger partial charge is 0.475 e. The van der Waals surface area contributed by atoms with E-state index in [1.54, 1.807) is 0 Å². The van der Waals surface area contributed by atoms with Gasteiger partial charge in [0.05, 0.1) is 19.8 Å². The van der Waals surface area contributed by atoms with Crippen LogP contribution in [0, 0.1) is 0 Å². The van der Waals surface area contributed by atoms with Crippen molar-refractivity contribution in [2.45, 2.75) is 26.1 Å². The van der Waals surface area contributed by atoms with Gasteiger partial charge in [-0.1, -0.05) is 91.0 Å². The molecule has 0 saturated carbocycles. The van der Waals surface area contributed by atoms with Gasteiger partial charge in [0.2, 0.25) is 0 Å². The number of rotatable bonds is 11. The molecule has 4 nitrogen and oxygen atoms in total. The Morgan fingerprint density at radius 2 is 1.00 bits per heavy atom. The SMILES string of the molecule is O=P(OCCCc1ccccc1)(OCc1ccccc1)OCc1ccccc1. The molecular weight excluding hydrogens is 371 g/mol. The smallest absolute Gasteiger partial charge is 0.287 e. The summed E-state index contributed by atoms with van der Waals surface area (Å²) >= 11 is 0. The van der Waals surface area contributed by atoms with Crippen LogP contribution in [-0.4, -0.2) is 6.61 Å². The summed E-state index contributed by atoms with van der Waals surface area (Å²) in [5.74, 6) is 0. The minimum atomic E-state index is -3.67. The molecule has 0 saturated heterocycles. The second kappa shape index (κ2) is 10.9. The molecule has 0 N–H and O–H groups in total. The molecule has 0 spiro atoms. The van der Waals surface area contributed by atoms with Gasteiger partial charge >= 0.3 is 7.82 Å². The highest BCUT2D eigenvalue weighted by Gasteiger charge is 2.26. The highest BCUT2D eigenvalue weighted by molar-refractivity contribution is 7.48. The van der Waals surface area contributed by atoms with Crippen LogP contribution in [0.4, 0.5) is 0 Å². The Morgan fingerprint density at radius 3 is 1.46 bits per heavy atom. The summed E-state index contributed by atoms with van der Waals surface area (Å²) in [5.41, 5.74) is 3.05. The van der Waals surface area contributed by atoms with E-state index in [1.807, 2.05) is 78.9 Å². The predicted molar refractivity (Wildman–Crippen MR) is 111 cm³/mol. The van der Waals surface area contributed by atoms with E-state index in [0.29, 0.717) is 6.61 Å². The molecule has 0 bridgehead atoms. The molecule has 0 aliphatic rings. The Hall–Kier alpha value is -2.23. The van der Waals surface area contributed by atoms with Gasteiger partial charge in [-0.25, -0.2) is 4.57 Å². The Balaban J connectivity index is 1.55. The van der Waals surface area contributed by atoms with Crippen LogP contribution in [0.3, 0.4) is 0 Å². The third-order valence-electron chi connectivity index (χ3n) is 4.17. The lowest BCUT2D eigenvalue weighted by Crippen LogP contribution is -2.03. The summed E-state index contributed by atoms with van der Waals surface area (Å²) in [6.45, 7) is 0.646. The van der Waals surface area contributed by atoms with E-state index in [2.05, 4.69) is 12.1 Å². The average Bonchev–Trinajstić information content (AvgIpc) is 2.76. The van der Waals surface area contributed by atoms with E-state index in [1.165, 1.54) is 5.56 Å². The van der Waals surface area contributed by atoms with E-state index in [-0.39, 0.29) is 13.2 Å². The molecule has 0 radical (unpaired) electrons. The fourth-order valence-corrected chi connectivity index (χ4v) is 3.86. The zero-order valence-electron chi connectivity index (χ0n) is 15.8. The van der Waals surface area contributed by atoms with Gasteiger partial charge in [-0.15, -0.1) is 0 Å². The van der Waals surface area contributed by atoms with Crippen molar-refractivity contribution in [3.63, 3.8) is 0 Å². The first-order valence-electron chi connectivity index (χ1n) is 9.39. The van der Waals surface area contributed by atoms with E-state index in [4.69, 9.17) is 13.6 Å². The average molecular weight is 396 g/mol. The maximum absolute atomic E-state index is 13.1. The molecule has 0 unspecified atom stereocenters. The van der Waals surface area contributed by atoms with Crippen LogP contribution in [-0.2, 0) is 37.8 Å². The third kappa shape index (κ3) is 7.06. The molecule has 0 aliphatic heterocycles. The van der Waals surface area contributed by atoms with Gasteiger partial charge in [0, 0.05) is 0 Å². The van der Waals surface area contributed by atoms with Gasteiger partial charge < -0.3 is 0 Å². The quantitative estimate of drug-likeness (QED) is 0.287. The van der Waals surface area contributed by atoms with Crippen LogP contribution in [0.1, 0.15) is 23.1 Å². The number of benzene rings is 3. The summed E-state index contributed by atoms with van der Waals surface area (Å²) in [6, 6.07) is 29.3. The van der Waals surface area contributed by atoms with E-state index in [9.17, 15) is 4.57 Å². The molecule has 0 aliphatic carbocycles. The van der Waals surface area contributed by atoms with Gasteiger partial charge in [0.25, 0.3) is 0 Å². The lowest BCUT2D eigenvalue weighted by atomic mass is 10.1. The van der Waals surface area contributed by atoms with Gasteiger partial charge in [-0.3, -0.25) is 13.6 Å². The fourth-order valence-electron chi connectivity index (χ4n) is 2.66. The van der Waals surface area contributed by atoms with E-state index >= 15 is 0 Å². The van der Waals surface area contributed by atoms with E-state index in [0.717, 1.165) is 24.0 Å². The highest BCUT2D eigenvalue weighted by Crippen LogP contribution is 2.51. The van der Waals surface area contributed by atoms with Crippen molar-refractivity contribution in [2.24, 2.45) is 0 Å². The Labute approximate surface area is 166 Å². The van der Waals surface area contributed by atoms with Crippen LogP contribution in [0.25, 0.3) is 0 Å². The second-order valence-corrected chi connectivity index (χ2v) is 8.06. The summed E-state index contributed by atoms with van der Waals surface area (Å²) in [4.78, 5) is 0. The second-order valence-electron chi connectivity index (χ2n) is 6.39. The number of phosphoric ester groups is 1. The summed E-state index contributed by atoms with van der Waals surface area (Å²) in [7, 11) is -3.67. The number of hydrogen-bond donors (Lipinski definition) is 0. The van der Waals surface area contributed by atoms with Crippen molar-refractivity contribution in [2.75, 3.05) is 6.61 Å². The molecule has 0 aromatic heterocycles. The minimum Gasteiger partial charge on any atom is -0.287 e. The minimum absolute atomic E-state index is 0.172. The normalized spacial score (nSPS) is 11.4. The van der Waals surface area contributed by atoms with Gasteiger partial charge in [0.1, 0.15) is 0 Å². The fraction of sp³-hybridized carbons (Fsp3) is 0.217. The lowest BCUT2D eigenvalue weighted by molar-refractivity contribution is 0.102. The molecule has 0 atom stereocenters. The molecule has 3 rings (SSSR count). The zero-order valence-corrected chi connectivity index (χ0v) is 16.7. The van der Waals surface area contributed by atoms with Crippen molar-refractivity contribution in [1.29, 1.82) is 0 Å². The van der Waals surface area contributed by atoms with Crippen molar-refractivity contribution >= 4 is 7.82 Å². The Kier molecular flexibility index (Phi) is 8.01. The summed E-state index contributed by atoms with van der Waals surface area (Å²) in [5, 5.41) is 0. The standard InChI is InChI=1S/C23H25O4P/c24-28(26-19-22-13-6-2-7-14-22,27-20-23-15-8-3-9-16-23)25-18-10-17-21-11-4-1-5-12-21/h1-9,11-16H,10,17-20H2. The molecule has 0 heterocycles. The van der Waals surface area contributed by atoms with Crippen LogP contribution in [0.5, 0.6) is 0 Å². The molecular formula is C23H25O4P. The van der Waals surface area contributed by atoms with Crippen LogP contribution < -0.4 is 0 Å². The monoisotopic (exact) mass is 396 g/mol. The molecule has 0 fully saturated rings. The maximum Gasteiger partial charge on any atom is 0.475 e. The van der Waals surface area contributed by atoms with Gasteiger partial charge in [-0.05, 0) is 29.5 Å². The van der Waals surface area contributed by atoms with Gasteiger partial charge in [0.15, 0.2) is 0 Å². The first-order valence-corrected chi connectivity index (χ1v) is 10.8. The summed E-state index contributed by atoms with van der Waals surface area (Å²) < 4.78 is 29.9. The predicted octanol–water partition coefficient (Wildman–Crippen LogP) is 6.18. The number of phosphoric acid groups is 1. The lowest BCUT2D eigenvalue weighted by Gasteiger charge is -2.18. The van der Waals surface area contributed by atoms with Gasteiger partial charge in [-0.2, -0.15) is 0 Å². The Morgan fingerprint density at radius 1 is 0.571 bits per heavy atom. The third-order valence-corrected chi connectivity index (χ3v) is 5.56. The highest BCUT2D eigenvalue weighted by atomic mass is 31.2. The molecule has 5 heteroatoms. The molecule has 0 amide bonds. The molecule has 28 heavy (non-hydrogen) atoms. The number of hydrogen-bond acceptors (Lipinski definition) is 4. The van der Waals surface area contributed by atoms with Crippen LogP contribution in [0.15, 0.2) is 91.0 Å². The number of aryl methyl sites for hydroxylation is 1. The van der Waals surface area contributed by atoms with Crippen molar-refractivity contribution in [1.82, 2.24) is 0 Å². The van der Waals surface area contributed by atoms with E-state index < -0.39 is 7.82 Å². The Bertz CT molecular complexity index is 806. The maximum atomic E-state index is 13.1. The zero-order chi connectivity index (χ0) is 19.5. The van der Waals surface area contributed by atoms with Crippen molar-refractivity contribution in [3.8, 4) is 0 Å². The molecule has 3 aromatic carbocycles. The summed E-state index contributed by atoms with van der Waals surface area (Å²) in [6.07, 6.45) is 1.58. The van der Waals surface area contributed by atoms with Crippen molar-refractivity contribution in [3.05, 3.63) is 108 Å².